The van der Waals surface area contributed by atoms with Gasteiger partial charge in [0.1, 0.15) is 0 Å². The molecule has 0 spiro atoms. The van der Waals surface area contributed by atoms with Crippen LogP contribution in [0.3, 0.4) is 0 Å². The molecule has 2 heterocycles. The third kappa shape index (κ3) is 1.89. The molecule has 13 heavy (non-hydrogen) atoms. The minimum absolute atomic E-state index is 0.497. The van der Waals surface area contributed by atoms with Gasteiger partial charge in [-0.3, -0.25) is 4.90 Å². The molecule has 0 saturated carbocycles. The summed E-state index contributed by atoms with van der Waals surface area (Å²) in [5, 5.41) is 3.49. The van der Waals surface area contributed by atoms with Crippen LogP contribution in [-0.4, -0.2) is 37.1 Å². The molecule has 76 valence electrons. The molecular formula is C11H22N2. The van der Waals surface area contributed by atoms with Gasteiger partial charge < -0.3 is 5.32 Å². The van der Waals surface area contributed by atoms with E-state index in [1.54, 1.807) is 0 Å². The van der Waals surface area contributed by atoms with Gasteiger partial charge in [0.25, 0.3) is 0 Å². The van der Waals surface area contributed by atoms with Crippen LogP contribution in [0.4, 0.5) is 0 Å². The van der Waals surface area contributed by atoms with E-state index in [1.807, 2.05) is 0 Å². The lowest BCUT2D eigenvalue weighted by molar-refractivity contribution is 0.197. The highest BCUT2D eigenvalue weighted by atomic mass is 15.2. The van der Waals surface area contributed by atoms with E-state index < -0.39 is 0 Å². The summed E-state index contributed by atoms with van der Waals surface area (Å²) in [5.41, 5.74) is 0.497. The van der Waals surface area contributed by atoms with Gasteiger partial charge in [-0.25, -0.2) is 0 Å². The molecule has 0 radical (unpaired) electrons. The lowest BCUT2D eigenvalue weighted by Crippen LogP contribution is -2.47. The Kier molecular flexibility index (Phi) is 2.37. The number of nitrogens with one attached hydrogen (secondary N) is 1. The Labute approximate surface area is 81.7 Å². The smallest absolute Gasteiger partial charge is 0.0224 e. The van der Waals surface area contributed by atoms with Crippen molar-refractivity contribution in [3.05, 3.63) is 0 Å². The van der Waals surface area contributed by atoms with Crippen molar-refractivity contribution in [2.24, 2.45) is 11.3 Å². The minimum Gasteiger partial charge on any atom is -0.314 e. The van der Waals surface area contributed by atoms with Crippen LogP contribution in [-0.2, 0) is 0 Å². The van der Waals surface area contributed by atoms with Crippen molar-refractivity contribution >= 4 is 0 Å². The first kappa shape index (κ1) is 9.47. The standard InChI is InChI=1S/C11H22N2/c1-11(2,3)9-6-10-7-12-4-5-13(10)8-9/h9-10,12H,4-8H2,1-3H3/t9?,10-/m0/s1. The molecule has 0 aromatic heterocycles. The van der Waals surface area contributed by atoms with Crippen molar-refractivity contribution in [1.82, 2.24) is 10.2 Å². The van der Waals surface area contributed by atoms with Gasteiger partial charge in [0, 0.05) is 32.2 Å². The molecule has 2 aliphatic rings. The summed E-state index contributed by atoms with van der Waals surface area (Å²) in [6.45, 7) is 12.1. The van der Waals surface area contributed by atoms with Gasteiger partial charge in [0.05, 0.1) is 0 Å². The maximum atomic E-state index is 3.49. The summed E-state index contributed by atoms with van der Waals surface area (Å²) in [6, 6.07) is 0.831. The van der Waals surface area contributed by atoms with Crippen molar-refractivity contribution in [3.63, 3.8) is 0 Å². The van der Waals surface area contributed by atoms with Crippen LogP contribution >= 0.6 is 0 Å². The van der Waals surface area contributed by atoms with Crippen LogP contribution in [0.5, 0.6) is 0 Å². The normalized spacial score (nSPS) is 36.2. The van der Waals surface area contributed by atoms with Crippen molar-refractivity contribution in [1.29, 1.82) is 0 Å². The number of fused-ring (bicyclic) bond motifs is 1. The minimum atomic E-state index is 0.497. The van der Waals surface area contributed by atoms with E-state index in [-0.39, 0.29) is 0 Å². The predicted octanol–water partition coefficient (Wildman–Crippen LogP) is 1.33. The highest BCUT2D eigenvalue weighted by molar-refractivity contribution is 4.93. The molecule has 2 aliphatic heterocycles. The fourth-order valence-electron chi connectivity index (χ4n) is 2.59. The van der Waals surface area contributed by atoms with Gasteiger partial charge in [-0.1, -0.05) is 20.8 Å². The first-order chi connectivity index (χ1) is 6.07. The molecule has 2 saturated heterocycles. The average Bonchev–Trinajstić information content (AvgIpc) is 2.45. The molecule has 2 fully saturated rings. The number of piperazine rings is 1. The fourth-order valence-corrected chi connectivity index (χ4v) is 2.59. The van der Waals surface area contributed by atoms with E-state index >= 15 is 0 Å². The summed E-state index contributed by atoms with van der Waals surface area (Å²) in [6.07, 6.45) is 1.40. The average molecular weight is 182 g/mol. The predicted molar refractivity (Wildman–Crippen MR) is 55.8 cm³/mol. The molecule has 2 rings (SSSR count). The molecule has 0 aromatic carbocycles. The highest BCUT2D eigenvalue weighted by Crippen LogP contribution is 2.36. The van der Waals surface area contributed by atoms with E-state index in [4.69, 9.17) is 0 Å². The first-order valence-electron chi connectivity index (χ1n) is 5.52. The van der Waals surface area contributed by atoms with Crippen molar-refractivity contribution in [2.75, 3.05) is 26.2 Å². The first-order valence-corrected chi connectivity index (χ1v) is 5.52. The SMILES string of the molecule is CC(C)(C)C1C[C@H]2CNCCN2C1. The van der Waals surface area contributed by atoms with E-state index in [0.717, 1.165) is 12.0 Å². The Balaban J connectivity index is 1.99. The summed E-state index contributed by atoms with van der Waals surface area (Å²) in [5.74, 6) is 0.900. The van der Waals surface area contributed by atoms with Crippen LogP contribution < -0.4 is 5.32 Å². The van der Waals surface area contributed by atoms with Crippen LogP contribution in [0.2, 0.25) is 0 Å². The molecule has 2 heteroatoms. The molecule has 0 amide bonds. The molecular weight excluding hydrogens is 160 g/mol. The maximum absolute atomic E-state index is 3.49. The highest BCUT2D eigenvalue weighted by Gasteiger charge is 2.38. The third-order valence-electron chi connectivity index (χ3n) is 3.71. The third-order valence-corrected chi connectivity index (χ3v) is 3.71. The molecule has 2 atom stereocenters. The van der Waals surface area contributed by atoms with E-state index in [1.165, 1.54) is 32.6 Å². The lowest BCUT2D eigenvalue weighted by atomic mass is 9.79. The molecule has 0 bridgehead atoms. The van der Waals surface area contributed by atoms with E-state index in [9.17, 15) is 0 Å². The molecule has 0 aromatic rings. The van der Waals surface area contributed by atoms with Gasteiger partial charge in [-0.05, 0) is 17.8 Å². The largest absolute Gasteiger partial charge is 0.314 e. The number of hydrogen-bond donors (Lipinski definition) is 1. The van der Waals surface area contributed by atoms with Crippen molar-refractivity contribution < 1.29 is 0 Å². The molecule has 0 aliphatic carbocycles. The Morgan fingerprint density at radius 3 is 2.69 bits per heavy atom. The summed E-state index contributed by atoms with van der Waals surface area (Å²) < 4.78 is 0. The van der Waals surface area contributed by atoms with Crippen molar-refractivity contribution in [2.45, 2.75) is 33.2 Å². The van der Waals surface area contributed by atoms with Gasteiger partial charge in [-0.15, -0.1) is 0 Å². The summed E-state index contributed by atoms with van der Waals surface area (Å²) >= 11 is 0. The molecule has 2 nitrogen and oxygen atoms in total. The zero-order valence-corrected chi connectivity index (χ0v) is 9.14. The second-order valence-corrected chi connectivity index (χ2v) is 5.65. The number of nitrogens with zero attached hydrogens (tertiary/aromatic N) is 1. The lowest BCUT2D eigenvalue weighted by Gasteiger charge is -2.29. The Morgan fingerprint density at radius 2 is 2.08 bits per heavy atom. The maximum Gasteiger partial charge on any atom is 0.0224 e. The monoisotopic (exact) mass is 182 g/mol. The number of rotatable bonds is 0. The van der Waals surface area contributed by atoms with Gasteiger partial charge in [-0.2, -0.15) is 0 Å². The Bertz CT molecular complexity index is 169. The van der Waals surface area contributed by atoms with Crippen LogP contribution in [0.25, 0.3) is 0 Å². The van der Waals surface area contributed by atoms with Crippen molar-refractivity contribution in [3.8, 4) is 0 Å². The Morgan fingerprint density at radius 1 is 1.31 bits per heavy atom. The summed E-state index contributed by atoms with van der Waals surface area (Å²) in [7, 11) is 0. The van der Waals surface area contributed by atoms with Gasteiger partial charge >= 0.3 is 0 Å². The summed E-state index contributed by atoms with van der Waals surface area (Å²) in [4.78, 5) is 2.67. The van der Waals surface area contributed by atoms with E-state index in [2.05, 4.69) is 31.0 Å². The topological polar surface area (TPSA) is 15.3 Å². The second-order valence-electron chi connectivity index (χ2n) is 5.65. The van der Waals surface area contributed by atoms with Crippen LogP contribution in [0.1, 0.15) is 27.2 Å². The molecule has 1 unspecified atom stereocenters. The van der Waals surface area contributed by atoms with Crippen LogP contribution in [0.15, 0.2) is 0 Å². The fraction of sp³-hybridized carbons (Fsp3) is 1.00. The zero-order chi connectivity index (χ0) is 9.47. The Hall–Kier alpha value is -0.0800. The van der Waals surface area contributed by atoms with Crippen LogP contribution in [0, 0.1) is 11.3 Å². The quantitative estimate of drug-likeness (QED) is 0.608. The van der Waals surface area contributed by atoms with E-state index in [0.29, 0.717) is 5.41 Å². The molecule has 1 N–H and O–H groups in total. The zero-order valence-electron chi connectivity index (χ0n) is 9.14. The second kappa shape index (κ2) is 3.25. The number of hydrogen-bond acceptors (Lipinski definition) is 2. The van der Waals surface area contributed by atoms with Gasteiger partial charge in [0.15, 0.2) is 0 Å². The van der Waals surface area contributed by atoms with Gasteiger partial charge in [0.2, 0.25) is 0 Å².